The summed E-state index contributed by atoms with van der Waals surface area (Å²) in [4.78, 5) is 6.89. The Morgan fingerprint density at radius 1 is 1.15 bits per heavy atom. The zero-order valence-electron chi connectivity index (χ0n) is 11.9. The third kappa shape index (κ3) is 2.60. The summed E-state index contributed by atoms with van der Waals surface area (Å²) in [6, 6.07) is 12.4. The Bertz CT molecular complexity index is 595. The lowest BCUT2D eigenvalue weighted by atomic mass is 10.2. The third-order valence-corrected chi connectivity index (χ3v) is 3.63. The van der Waals surface area contributed by atoms with Crippen molar-refractivity contribution in [2.24, 2.45) is 0 Å². The summed E-state index contributed by atoms with van der Waals surface area (Å²) in [5.74, 6) is 1.90. The average molecular weight is 269 g/mol. The Balaban J connectivity index is 1.73. The number of pyridine rings is 1. The van der Waals surface area contributed by atoms with Gasteiger partial charge in [0.2, 0.25) is 0 Å². The molecule has 1 aliphatic rings. The van der Waals surface area contributed by atoms with Gasteiger partial charge in [0, 0.05) is 26.7 Å². The van der Waals surface area contributed by atoms with Crippen LogP contribution in [-0.4, -0.2) is 19.1 Å². The second kappa shape index (κ2) is 5.51. The maximum absolute atomic E-state index is 5.18. The molecule has 4 nitrogen and oxygen atoms in total. The normalized spacial score (nSPS) is 13.1. The van der Waals surface area contributed by atoms with Gasteiger partial charge in [0.15, 0.2) is 0 Å². The largest absolute Gasteiger partial charge is 0.497 e. The first-order valence-electron chi connectivity index (χ1n) is 6.80. The van der Waals surface area contributed by atoms with Gasteiger partial charge in [0.25, 0.3) is 0 Å². The zero-order valence-corrected chi connectivity index (χ0v) is 11.9. The molecule has 20 heavy (non-hydrogen) atoms. The van der Waals surface area contributed by atoms with Crippen LogP contribution < -0.4 is 15.0 Å². The van der Waals surface area contributed by atoms with Gasteiger partial charge in [-0.1, -0.05) is 18.2 Å². The van der Waals surface area contributed by atoms with Gasteiger partial charge in [0.05, 0.1) is 12.8 Å². The molecule has 0 saturated carbocycles. The number of aromatic nitrogens is 1. The van der Waals surface area contributed by atoms with Crippen molar-refractivity contribution in [2.45, 2.75) is 19.6 Å². The third-order valence-electron chi connectivity index (χ3n) is 3.63. The van der Waals surface area contributed by atoms with Crippen molar-refractivity contribution in [3.8, 4) is 5.75 Å². The van der Waals surface area contributed by atoms with Crippen LogP contribution >= 0.6 is 0 Å². The van der Waals surface area contributed by atoms with Gasteiger partial charge in [-0.3, -0.25) is 0 Å². The number of rotatable bonds is 4. The van der Waals surface area contributed by atoms with E-state index in [1.807, 2.05) is 12.1 Å². The number of anilines is 1. The number of nitrogens with one attached hydrogen (secondary N) is 1. The topological polar surface area (TPSA) is 37.4 Å². The summed E-state index contributed by atoms with van der Waals surface area (Å²) in [5, 5.41) is 3.32. The van der Waals surface area contributed by atoms with E-state index in [1.165, 1.54) is 16.8 Å². The van der Waals surface area contributed by atoms with Gasteiger partial charge in [-0.2, -0.15) is 0 Å². The van der Waals surface area contributed by atoms with E-state index in [0.29, 0.717) is 0 Å². The van der Waals surface area contributed by atoms with E-state index in [4.69, 9.17) is 9.72 Å². The lowest BCUT2D eigenvalue weighted by Crippen LogP contribution is -2.18. The van der Waals surface area contributed by atoms with Gasteiger partial charge < -0.3 is 15.0 Å². The molecule has 0 bridgehead atoms. The summed E-state index contributed by atoms with van der Waals surface area (Å²) < 4.78 is 5.18. The summed E-state index contributed by atoms with van der Waals surface area (Å²) in [6.07, 6.45) is 0. The van der Waals surface area contributed by atoms with Gasteiger partial charge in [0.1, 0.15) is 11.6 Å². The van der Waals surface area contributed by atoms with Crippen molar-refractivity contribution in [2.75, 3.05) is 19.1 Å². The predicted octanol–water partition coefficient (Wildman–Crippen LogP) is 2.33. The summed E-state index contributed by atoms with van der Waals surface area (Å²) >= 11 is 0. The lowest BCUT2D eigenvalue weighted by Gasteiger charge is -2.19. The molecular formula is C16H19N3O. The molecule has 0 fully saturated rings. The molecule has 1 aliphatic heterocycles. The first kappa shape index (κ1) is 12.9. The fourth-order valence-electron chi connectivity index (χ4n) is 2.45. The van der Waals surface area contributed by atoms with Crippen molar-refractivity contribution in [3.05, 3.63) is 53.2 Å². The number of hydrogen-bond acceptors (Lipinski definition) is 4. The number of nitrogens with zero attached hydrogens (tertiary/aromatic N) is 2. The number of fused-ring (bicyclic) bond motifs is 1. The highest BCUT2D eigenvalue weighted by Gasteiger charge is 2.13. The van der Waals surface area contributed by atoms with Crippen LogP contribution in [0.15, 0.2) is 36.4 Å². The Kier molecular flexibility index (Phi) is 3.56. The molecule has 1 aromatic heterocycles. The molecule has 2 aromatic rings. The van der Waals surface area contributed by atoms with E-state index in [2.05, 4.69) is 41.5 Å². The highest BCUT2D eigenvalue weighted by atomic mass is 16.5. The quantitative estimate of drug-likeness (QED) is 0.924. The van der Waals surface area contributed by atoms with E-state index in [1.54, 1.807) is 7.11 Å². The van der Waals surface area contributed by atoms with Gasteiger partial charge in [-0.25, -0.2) is 4.98 Å². The van der Waals surface area contributed by atoms with Gasteiger partial charge in [-0.15, -0.1) is 0 Å². The number of methoxy groups -OCH3 is 1. The van der Waals surface area contributed by atoms with Crippen molar-refractivity contribution in [1.82, 2.24) is 10.3 Å². The van der Waals surface area contributed by atoms with Crippen LogP contribution in [-0.2, 0) is 19.6 Å². The smallest absolute Gasteiger partial charge is 0.128 e. The maximum Gasteiger partial charge on any atom is 0.128 e. The van der Waals surface area contributed by atoms with Crippen LogP contribution in [0.2, 0.25) is 0 Å². The Morgan fingerprint density at radius 3 is 2.70 bits per heavy atom. The minimum Gasteiger partial charge on any atom is -0.497 e. The maximum atomic E-state index is 5.18. The second-order valence-corrected chi connectivity index (χ2v) is 5.08. The van der Waals surface area contributed by atoms with E-state index < -0.39 is 0 Å². The molecule has 1 N–H and O–H groups in total. The van der Waals surface area contributed by atoms with Crippen LogP contribution in [0.1, 0.15) is 16.8 Å². The minimum atomic E-state index is 0.837. The van der Waals surface area contributed by atoms with E-state index in [0.717, 1.165) is 31.2 Å². The van der Waals surface area contributed by atoms with Crippen molar-refractivity contribution < 1.29 is 4.74 Å². The summed E-state index contributed by atoms with van der Waals surface area (Å²) in [7, 11) is 3.75. The summed E-state index contributed by atoms with van der Waals surface area (Å²) in [6.45, 7) is 2.65. The molecule has 4 heteroatoms. The van der Waals surface area contributed by atoms with Crippen LogP contribution in [0, 0.1) is 0 Å². The molecule has 0 radical (unpaired) electrons. The molecule has 104 valence electrons. The lowest BCUT2D eigenvalue weighted by molar-refractivity contribution is 0.414. The summed E-state index contributed by atoms with van der Waals surface area (Å²) in [5.41, 5.74) is 3.73. The Labute approximate surface area is 119 Å². The van der Waals surface area contributed by atoms with Gasteiger partial charge >= 0.3 is 0 Å². The van der Waals surface area contributed by atoms with Gasteiger partial charge in [-0.05, 0) is 29.3 Å². The Morgan fingerprint density at radius 2 is 1.95 bits per heavy atom. The number of ether oxygens (including phenoxy) is 1. The molecule has 0 saturated heterocycles. The first-order chi connectivity index (χ1) is 9.76. The molecule has 0 atom stereocenters. The highest BCUT2D eigenvalue weighted by Crippen LogP contribution is 2.20. The van der Waals surface area contributed by atoms with E-state index in [9.17, 15) is 0 Å². The van der Waals surface area contributed by atoms with E-state index in [-0.39, 0.29) is 0 Å². The molecule has 3 rings (SSSR count). The number of hydrogen-bond donors (Lipinski definition) is 1. The monoisotopic (exact) mass is 269 g/mol. The van der Waals surface area contributed by atoms with Crippen LogP contribution in [0.4, 0.5) is 5.82 Å². The molecule has 0 spiro atoms. The molecule has 0 aliphatic carbocycles. The van der Waals surface area contributed by atoms with Crippen molar-refractivity contribution in [1.29, 1.82) is 0 Å². The molecule has 2 heterocycles. The molecular weight excluding hydrogens is 250 g/mol. The standard InChI is InChI=1S/C16H19N3O/c1-19(11-12-3-6-14(20-2)7-4-12)16-8-5-13-9-17-10-15(13)18-16/h3-8,17H,9-11H2,1-2H3. The average Bonchev–Trinajstić information content (AvgIpc) is 2.95. The first-order valence-corrected chi connectivity index (χ1v) is 6.80. The Hall–Kier alpha value is -2.07. The fraction of sp³-hybridized carbons (Fsp3) is 0.312. The second-order valence-electron chi connectivity index (χ2n) is 5.08. The number of benzene rings is 1. The zero-order chi connectivity index (χ0) is 13.9. The minimum absolute atomic E-state index is 0.837. The van der Waals surface area contributed by atoms with Crippen molar-refractivity contribution >= 4 is 5.82 Å². The predicted molar refractivity (Wildman–Crippen MR) is 79.9 cm³/mol. The SMILES string of the molecule is COc1ccc(CN(C)c2ccc3c(n2)CNC3)cc1. The molecule has 0 unspecified atom stereocenters. The molecule has 1 aromatic carbocycles. The molecule has 0 amide bonds. The van der Waals surface area contributed by atoms with Crippen LogP contribution in [0.5, 0.6) is 5.75 Å². The van der Waals surface area contributed by atoms with E-state index >= 15 is 0 Å². The van der Waals surface area contributed by atoms with Crippen molar-refractivity contribution in [3.63, 3.8) is 0 Å². The highest BCUT2D eigenvalue weighted by molar-refractivity contribution is 5.43. The fourth-order valence-corrected chi connectivity index (χ4v) is 2.45. The van der Waals surface area contributed by atoms with Crippen LogP contribution in [0.25, 0.3) is 0 Å². The van der Waals surface area contributed by atoms with Crippen LogP contribution in [0.3, 0.4) is 0 Å².